The summed E-state index contributed by atoms with van der Waals surface area (Å²) < 4.78 is 4.70. The van der Waals surface area contributed by atoms with Crippen LogP contribution in [0.4, 0.5) is 5.69 Å². The number of benzene rings is 1. The van der Waals surface area contributed by atoms with Gasteiger partial charge >= 0.3 is 5.97 Å². The Morgan fingerprint density at radius 3 is 2.61 bits per heavy atom. The molecule has 0 N–H and O–H groups in total. The Kier molecular flexibility index (Phi) is 4.98. The minimum Gasteiger partial charge on any atom is -0.462 e. The van der Waals surface area contributed by atoms with E-state index in [1.54, 1.807) is 26.0 Å². The van der Waals surface area contributed by atoms with Crippen molar-refractivity contribution in [3.63, 3.8) is 0 Å². The summed E-state index contributed by atoms with van der Waals surface area (Å²) in [5, 5.41) is 10.5. The molecule has 1 rings (SSSR count). The Morgan fingerprint density at radius 1 is 1.50 bits per heavy atom. The SMILES string of the molecule is CCOC(=O)C=NC(C)c1ccc([N+](=O)[O-])cc1. The molecule has 0 aliphatic heterocycles. The molecule has 0 aliphatic carbocycles. The molecule has 0 amide bonds. The second kappa shape index (κ2) is 6.48. The van der Waals surface area contributed by atoms with Gasteiger partial charge in [-0.2, -0.15) is 0 Å². The maximum absolute atomic E-state index is 11.1. The van der Waals surface area contributed by atoms with Crippen LogP contribution < -0.4 is 0 Å². The van der Waals surface area contributed by atoms with E-state index in [0.29, 0.717) is 6.61 Å². The van der Waals surface area contributed by atoms with E-state index in [-0.39, 0.29) is 11.7 Å². The largest absolute Gasteiger partial charge is 0.462 e. The molecule has 0 heterocycles. The molecule has 0 saturated carbocycles. The fraction of sp³-hybridized carbons (Fsp3) is 0.333. The van der Waals surface area contributed by atoms with Gasteiger partial charge in [0, 0.05) is 12.1 Å². The van der Waals surface area contributed by atoms with Crippen molar-refractivity contribution in [2.24, 2.45) is 4.99 Å². The van der Waals surface area contributed by atoms with Crippen molar-refractivity contribution >= 4 is 17.9 Å². The monoisotopic (exact) mass is 250 g/mol. The highest BCUT2D eigenvalue weighted by atomic mass is 16.6. The Bertz CT molecular complexity index is 454. The highest BCUT2D eigenvalue weighted by Gasteiger charge is 2.08. The van der Waals surface area contributed by atoms with Crippen molar-refractivity contribution in [2.75, 3.05) is 6.61 Å². The number of non-ortho nitro benzene ring substituents is 1. The van der Waals surface area contributed by atoms with E-state index in [4.69, 9.17) is 4.74 Å². The normalized spacial score (nSPS) is 12.3. The predicted octanol–water partition coefficient (Wildman–Crippen LogP) is 2.29. The standard InChI is InChI=1S/C12H14N2O4/c1-3-18-12(15)8-13-9(2)10-4-6-11(7-5-10)14(16)17/h4-9H,3H2,1-2H3. The lowest BCUT2D eigenvalue weighted by Gasteiger charge is -2.05. The maximum Gasteiger partial charge on any atom is 0.348 e. The van der Waals surface area contributed by atoms with Crippen molar-refractivity contribution in [1.29, 1.82) is 0 Å². The average molecular weight is 250 g/mol. The first-order chi connectivity index (χ1) is 8.54. The van der Waals surface area contributed by atoms with Gasteiger partial charge in [0.05, 0.1) is 17.6 Å². The summed E-state index contributed by atoms with van der Waals surface area (Å²) >= 11 is 0. The van der Waals surface area contributed by atoms with Crippen molar-refractivity contribution < 1.29 is 14.5 Å². The molecule has 0 saturated heterocycles. The first-order valence-electron chi connectivity index (χ1n) is 5.49. The summed E-state index contributed by atoms with van der Waals surface area (Å²) in [6.07, 6.45) is 1.12. The molecule has 1 unspecified atom stereocenters. The van der Waals surface area contributed by atoms with Gasteiger partial charge in [-0.05, 0) is 19.4 Å². The fourth-order valence-electron chi connectivity index (χ4n) is 1.31. The topological polar surface area (TPSA) is 81.8 Å². The van der Waals surface area contributed by atoms with Gasteiger partial charge in [0.25, 0.3) is 5.69 Å². The molecule has 96 valence electrons. The number of nitro groups is 1. The minimum absolute atomic E-state index is 0.0281. The molecular formula is C12H14N2O4. The highest BCUT2D eigenvalue weighted by molar-refractivity contribution is 6.23. The quantitative estimate of drug-likeness (QED) is 0.347. The van der Waals surface area contributed by atoms with Gasteiger partial charge < -0.3 is 4.74 Å². The minimum atomic E-state index is -0.494. The van der Waals surface area contributed by atoms with E-state index in [1.165, 1.54) is 12.1 Å². The van der Waals surface area contributed by atoms with Crippen LogP contribution in [0.1, 0.15) is 25.5 Å². The van der Waals surface area contributed by atoms with Crippen LogP contribution in [0.5, 0.6) is 0 Å². The first kappa shape index (κ1) is 13.8. The van der Waals surface area contributed by atoms with E-state index in [1.807, 2.05) is 0 Å². The molecule has 0 fully saturated rings. The van der Waals surface area contributed by atoms with Crippen LogP contribution in [0.15, 0.2) is 29.3 Å². The van der Waals surface area contributed by atoms with Crippen LogP contribution in [-0.2, 0) is 9.53 Å². The Labute approximate surface area is 104 Å². The number of hydrogen-bond acceptors (Lipinski definition) is 5. The van der Waals surface area contributed by atoms with Crippen molar-refractivity contribution in [3.8, 4) is 0 Å². The second-order valence-corrected chi connectivity index (χ2v) is 3.55. The number of esters is 1. The zero-order valence-corrected chi connectivity index (χ0v) is 10.2. The zero-order valence-electron chi connectivity index (χ0n) is 10.2. The molecule has 1 aromatic rings. The summed E-state index contributed by atoms with van der Waals surface area (Å²) in [6.45, 7) is 3.80. The third-order valence-corrected chi connectivity index (χ3v) is 2.28. The second-order valence-electron chi connectivity index (χ2n) is 3.55. The van der Waals surface area contributed by atoms with Crippen LogP contribution in [-0.4, -0.2) is 23.7 Å². The van der Waals surface area contributed by atoms with Crippen LogP contribution in [0, 0.1) is 10.1 Å². The van der Waals surface area contributed by atoms with Gasteiger partial charge in [0.2, 0.25) is 0 Å². The third kappa shape index (κ3) is 3.97. The zero-order chi connectivity index (χ0) is 13.5. The molecule has 0 radical (unpaired) electrons. The molecule has 6 heteroatoms. The summed E-state index contributed by atoms with van der Waals surface area (Å²) in [5.74, 6) is -0.494. The summed E-state index contributed by atoms with van der Waals surface area (Å²) in [4.78, 5) is 25.1. The Morgan fingerprint density at radius 2 is 2.11 bits per heavy atom. The lowest BCUT2D eigenvalue weighted by molar-refractivity contribution is -0.384. The number of carbonyl (C=O) groups is 1. The molecule has 1 aromatic carbocycles. The summed E-state index contributed by atoms with van der Waals surface area (Å²) in [5.41, 5.74) is 0.821. The molecular weight excluding hydrogens is 236 g/mol. The molecule has 0 aliphatic rings. The number of rotatable bonds is 5. The smallest absolute Gasteiger partial charge is 0.348 e. The van der Waals surface area contributed by atoms with Gasteiger partial charge in [-0.3, -0.25) is 15.1 Å². The van der Waals surface area contributed by atoms with E-state index >= 15 is 0 Å². The van der Waals surface area contributed by atoms with Gasteiger partial charge in [-0.15, -0.1) is 0 Å². The number of ether oxygens (including phenoxy) is 1. The Balaban J connectivity index is 2.69. The van der Waals surface area contributed by atoms with Gasteiger partial charge in [0.1, 0.15) is 6.21 Å². The molecule has 6 nitrogen and oxygen atoms in total. The van der Waals surface area contributed by atoms with E-state index in [0.717, 1.165) is 11.8 Å². The molecule has 18 heavy (non-hydrogen) atoms. The van der Waals surface area contributed by atoms with Crippen LogP contribution >= 0.6 is 0 Å². The average Bonchev–Trinajstić information content (AvgIpc) is 2.36. The van der Waals surface area contributed by atoms with E-state index in [2.05, 4.69) is 4.99 Å². The number of aliphatic imine (C=N–C) groups is 1. The van der Waals surface area contributed by atoms with E-state index < -0.39 is 10.9 Å². The number of nitro benzene ring substituents is 1. The molecule has 1 atom stereocenters. The summed E-state index contributed by atoms with van der Waals surface area (Å²) in [6, 6.07) is 5.80. The number of carbonyl (C=O) groups excluding carboxylic acids is 1. The van der Waals surface area contributed by atoms with Crippen LogP contribution in [0.3, 0.4) is 0 Å². The van der Waals surface area contributed by atoms with Crippen molar-refractivity contribution in [3.05, 3.63) is 39.9 Å². The van der Waals surface area contributed by atoms with Crippen molar-refractivity contribution in [2.45, 2.75) is 19.9 Å². The third-order valence-electron chi connectivity index (χ3n) is 2.28. The summed E-state index contributed by atoms with van der Waals surface area (Å²) in [7, 11) is 0. The lowest BCUT2D eigenvalue weighted by Crippen LogP contribution is -2.05. The van der Waals surface area contributed by atoms with Gasteiger partial charge in [0.15, 0.2) is 0 Å². The molecule has 0 spiro atoms. The number of hydrogen-bond donors (Lipinski definition) is 0. The molecule has 0 aromatic heterocycles. The van der Waals surface area contributed by atoms with Crippen LogP contribution in [0.2, 0.25) is 0 Å². The molecule has 0 bridgehead atoms. The Hall–Kier alpha value is -2.24. The highest BCUT2D eigenvalue weighted by Crippen LogP contribution is 2.19. The fourth-order valence-corrected chi connectivity index (χ4v) is 1.31. The lowest BCUT2D eigenvalue weighted by atomic mass is 10.1. The number of nitrogens with zero attached hydrogens (tertiary/aromatic N) is 2. The van der Waals surface area contributed by atoms with Crippen molar-refractivity contribution in [1.82, 2.24) is 0 Å². The van der Waals surface area contributed by atoms with E-state index in [9.17, 15) is 14.9 Å². The first-order valence-corrected chi connectivity index (χ1v) is 5.49. The predicted molar refractivity (Wildman–Crippen MR) is 66.6 cm³/mol. The maximum atomic E-state index is 11.1. The van der Waals surface area contributed by atoms with Gasteiger partial charge in [-0.25, -0.2) is 4.79 Å². The van der Waals surface area contributed by atoms with Gasteiger partial charge in [-0.1, -0.05) is 12.1 Å². The van der Waals surface area contributed by atoms with Crippen LogP contribution in [0.25, 0.3) is 0 Å².